The molecule has 1 aromatic rings. The molecule has 1 aliphatic heterocycles. The molecule has 0 unspecified atom stereocenters. The molecule has 8 heteroatoms. The van der Waals surface area contributed by atoms with Crippen molar-refractivity contribution in [3.8, 4) is 0 Å². The third kappa shape index (κ3) is 4.79. The maximum atomic E-state index is 12.1. The summed E-state index contributed by atoms with van der Waals surface area (Å²) in [5.74, 6) is 0.365. The third-order valence-corrected chi connectivity index (χ3v) is 6.71. The maximum Gasteiger partial charge on any atom is 0.491 e. The minimum atomic E-state index is -3.38. The second-order valence-corrected chi connectivity index (χ2v) is 10.5. The highest BCUT2D eigenvalue weighted by Gasteiger charge is 2.52. The van der Waals surface area contributed by atoms with E-state index in [1.165, 1.54) is 13.2 Å². The molecule has 5 nitrogen and oxygen atoms in total. The lowest BCUT2D eigenvalue weighted by Gasteiger charge is -2.32. The monoisotopic (exact) mass is 396 g/mol. The number of carbonyl (C=O) groups is 1. The lowest BCUT2D eigenvalue weighted by atomic mass is 9.78. The molecule has 142 valence electrons. The van der Waals surface area contributed by atoms with Crippen molar-refractivity contribution < 1.29 is 22.5 Å². The van der Waals surface area contributed by atoms with Crippen molar-refractivity contribution in [1.29, 1.82) is 0 Å². The Hall–Kier alpha value is -1.09. The predicted octanol–water partition coefficient (Wildman–Crippen LogP) is 3.38. The lowest BCUT2D eigenvalue weighted by molar-refractivity contribution is -0.109. The summed E-state index contributed by atoms with van der Waals surface area (Å²) in [4.78, 5) is 11.7. The van der Waals surface area contributed by atoms with Crippen LogP contribution >= 0.6 is 11.8 Å². The van der Waals surface area contributed by atoms with Crippen LogP contribution in [-0.2, 0) is 23.9 Å². The van der Waals surface area contributed by atoms with Crippen LogP contribution in [-0.4, -0.2) is 43.9 Å². The molecule has 0 atom stereocenters. The Bertz CT molecular complexity index is 812. The molecule has 0 radical (unpaired) electrons. The minimum absolute atomic E-state index is 0.0242. The first-order valence-corrected chi connectivity index (χ1v) is 11.2. The van der Waals surface area contributed by atoms with Crippen molar-refractivity contribution >= 4 is 39.9 Å². The zero-order chi connectivity index (χ0) is 19.8. The average Bonchev–Trinajstić information content (AvgIpc) is 2.71. The van der Waals surface area contributed by atoms with E-state index in [9.17, 15) is 13.2 Å². The van der Waals surface area contributed by atoms with Crippen LogP contribution < -0.4 is 0 Å². The van der Waals surface area contributed by atoms with Crippen molar-refractivity contribution in [2.45, 2.75) is 50.7 Å². The zero-order valence-corrected chi connectivity index (χ0v) is 17.7. The van der Waals surface area contributed by atoms with Gasteiger partial charge in [-0.05, 0) is 44.8 Å². The van der Waals surface area contributed by atoms with Gasteiger partial charge in [0.05, 0.1) is 16.1 Å². The molecular formula is C18H25BO5S2. The van der Waals surface area contributed by atoms with E-state index in [0.717, 1.165) is 17.2 Å². The van der Waals surface area contributed by atoms with Crippen LogP contribution in [0, 0.1) is 0 Å². The van der Waals surface area contributed by atoms with Crippen LogP contribution in [0.5, 0.6) is 0 Å². The van der Waals surface area contributed by atoms with Crippen LogP contribution in [0.15, 0.2) is 34.6 Å². The molecule has 1 fully saturated rings. The molecule has 0 aliphatic carbocycles. The van der Waals surface area contributed by atoms with Gasteiger partial charge in [-0.25, -0.2) is 8.42 Å². The van der Waals surface area contributed by atoms with E-state index in [1.807, 2.05) is 27.7 Å². The van der Waals surface area contributed by atoms with Gasteiger partial charge in [-0.2, -0.15) is 0 Å². The van der Waals surface area contributed by atoms with E-state index < -0.39 is 28.2 Å². The predicted molar refractivity (Wildman–Crippen MR) is 107 cm³/mol. The molecule has 2 rings (SSSR count). The molecular weight excluding hydrogens is 371 g/mol. The fraction of sp³-hybridized carbons (Fsp3) is 0.500. The Morgan fingerprint density at radius 1 is 1.15 bits per heavy atom. The molecule has 0 spiro atoms. The van der Waals surface area contributed by atoms with Crippen LogP contribution in [0.25, 0.3) is 6.08 Å². The number of rotatable bonds is 5. The Morgan fingerprint density at radius 2 is 1.69 bits per heavy atom. The summed E-state index contributed by atoms with van der Waals surface area (Å²) in [5.41, 5.74) is 0.242. The first-order valence-electron chi connectivity index (χ1n) is 8.32. The number of hydrogen-bond acceptors (Lipinski definition) is 6. The second-order valence-electron chi connectivity index (χ2n) is 7.40. The van der Waals surface area contributed by atoms with E-state index in [-0.39, 0.29) is 10.0 Å². The molecule has 1 aromatic carbocycles. The number of thioether (sulfide) groups is 1. The number of hydrogen-bond donors (Lipinski definition) is 0. The summed E-state index contributed by atoms with van der Waals surface area (Å²) >= 11 is 1.14. The van der Waals surface area contributed by atoms with Crippen LogP contribution in [0.1, 0.15) is 40.2 Å². The van der Waals surface area contributed by atoms with Crippen molar-refractivity contribution in [3.63, 3.8) is 0 Å². The molecule has 26 heavy (non-hydrogen) atoms. The molecule has 0 saturated carbocycles. The van der Waals surface area contributed by atoms with Gasteiger partial charge in [0, 0.05) is 18.9 Å². The van der Waals surface area contributed by atoms with Gasteiger partial charge < -0.3 is 9.31 Å². The largest absolute Gasteiger partial charge is 0.491 e. The van der Waals surface area contributed by atoms with Gasteiger partial charge in [-0.3, -0.25) is 4.79 Å². The van der Waals surface area contributed by atoms with E-state index in [2.05, 4.69) is 0 Å². The highest BCUT2D eigenvalue weighted by Crippen LogP contribution is 2.39. The maximum absolute atomic E-state index is 12.1. The first kappa shape index (κ1) is 21.2. The molecule has 1 saturated heterocycles. The number of benzene rings is 1. The normalized spacial score (nSPS) is 19.6. The van der Waals surface area contributed by atoms with E-state index in [0.29, 0.717) is 11.3 Å². The van der Waals surface area contributed by atoms with Crippen molar-refractivity contribution in [2.24, 2.45) is 0 Å². The molecule has 0 amide bonds. The molecule has 1 heterocycles. The Kier molecular flexibility index (Phi) is 6.12. The minimum Gasteiger partial charge on any atom is -0.400 e. The SMILES string of the molecule is CC(=O)SCC(=Cc1ccccc1S(C)(=O)=O)B1OC(C)(C)C(C)(C)O1. The highest BCUT2D eigenvalue weighted by molar-refractivity contribution is 8.13. The topological polar surface area (TPSA) is 69.7 Å². The van der Waals surface area contributed by atoms with Gasteiger partial charge in [0.25, 0.3) is 0 Å². The van der Waals surface area contributed by atoms with E-state index >= 15 is 0 Å². The smallest absolute Gasteiger partial charge is 0.400 e. The summed E-state index contributed by atoms with van der Waals surface area (Å²) in [6.45, 7) is 9.30. The summed E-state index contributed by atoms with van der Waals surface area (Å²) < 4.78 is 36.3. The van der Waals surface area contributed by atoms with Gasteiger partial charge in [-0.1, -0.05) is 36.0 Å². The fourth-order valence-electron chi connectivity index (χ4n) is 2.49. The number of carbonyl (C=O) groups excluding carboxylic acids is 1. The summed E-state index contributed by atoms with van der Waals surface area (Å²) in [5, 5.41) is -0.0242. The highest BCUT2D eigenvalue weighted by atomic mass is 32.2. The number of sulfone groups is 1. The van der Waals surface area contributed by atoms with E-state index in [1.54, 1.807) is 30.3 Å². The van der Waals surface area contributed by atoms with Crippen LogP contribution in [0.4, 0.5) is 0 Å². The van der Waals surface area contributed by atoms with Crippen molar-refractivity contribution in [2.75, 3.05) is 12.0 Å². The first-order chi connectivity index (χ1) is 11.8. The lowest BCUT2D eigenvalue weighted by Crippen LogP contribution is -2.41. The van der Waals surface area contributed by atoms with Crippen molar-refractivity contribution in [1.82, 2.24) is 0 Å². The van der Waals surface area contributed by atoms with Gasteiger partial charge in [0.1, 0.15) is 0 Å². The summed E-state index contributed by atoms with van der Waals surface area (Å²) in [7, 11) is -4.02. The van der Waals surface area contributed by atoms with Gasteiger partial charge in [0.2, 0.25) is 0 Å². The quantitative estimate of drug-likeness (QED) is 0.711. The van der Waals surface area contributed by atoms with Gasteiger partial charge in [0.15, 0.2) is 15.0 Å². The fourth-order valence-corrected chi connectivity index (χ4v) is 3.96. The Morgan fingerprint density at radius 3 is 2.19 bits per heavy atom. The summed E-state index contributed by atoms with van der Waals surface area (Å²) in [6, 6.07) is 6.77. The molecule has 0 aromatic heterocycles. The van der Waals surface area contributed by atoms with E-state index in [4.69, 9.17) is 9.31 Å². The van der Waals surface area contributed by atoms with Crippen molar-refractivity contribution in [3.05, 3.63) is 35.3 Å². The Balaban J connectivity index is 2.47. The third-order valence-electron chi connectivity index (χ3n) is 4.66. The molecule has 1 aliphatic rings. The Labute approximate surface area is 160 Å². The van der Waals surface area contributed by atoms with Crippen LogP contribution in [0.3, 0.4) is 0 Å². The van der Waals surface area contributed by atoms with Gasteiger partial charge in [-0.15, -0.1) is 0 Å². The average molecular weight is 396 g/mol. The zero-order valence-electron chi connectivity index (χ0n) is 16.0. The molecule has 0 bridgehead atoms. The molecule has 0 N–H and O–H groups in total. The standard InChI is InChI=1S/C18H25BO5S2/c1-13(20)25-12-15(19-23-17(2,3)18(4,5)24-19)11-14-9-7-8-10-16(14)26(6,21)22/h7-11H,12H2,1-6H3. The van der Waals surface area contributed by atoms with Crippen LogP contribution in [0.2, 0.25) is 0 Å². The van der Waals surface area contributed by atoms with Gasteiger partial charge >= 0.3 is 7.12 Å². The second kappa shape index (κ2) is 7.50. The summed E-state index contributed by atoms with van der Waals surface area (Å²) in [6.07, 6.45) is 2.94.